The highest BCUT2D eigenvalue weighted by Gasteiger charge is 2.36. The van der Waals surface area contributed by atoms with Crippen LogP contribution in [0.15, 0.2) is 0 Å². The van der Waals surface area contributed by atoms with Crippen molar-refractivity contribution < 1.29 is 13.2 Å². The first-order valence-electron chi connectivity index (χ1n) is 4.18. The predicted octanol–water partition coefficient (Wildman–Crippen LogP) is 1.63. The number of alkyl halides is 3. The van der Waals surface area contributed by atoms with E-state index in [9.17, 15) is 13.2 Å². The molecule has 1 aromatic heterocycles. The van der Waals surface area contributed by atoms with Crippen molar-refractivity contribution in [2.75, 3.05) is 13.1 Å². The van der Waals surface area contributed by atoms with Crippen LogP contribution in [0.1, 0.15) is 22.4 Å². The second-order valence-corrected chi connectivity index (χ2v) is 4.14. The Hall–Kier alpha value is -0.690. The van der Waals surface area contributed by atoms with Gasteiger partial charge in [0.25, 0.3) is 0 Å². The Balaban J connectivity index is 2.17. The largest absolute Gasteiger partial charge is 0.445 e. The lowest BCUT2D eigenvalue weighted by Gasteiger charge is -2.01. The summed E-state index contributed by atoms with van der Waals surface area (Å²) < 4.78 is 36.5. The van der Waals surface area contributed by atoms with Crippen molar-refractivity contribution in [3.05, 3.63) is 10.0 Å². The third-order valence-electron chi connectivity index (χ3n) is 2.09. The van der Waals surface area contributed by atoms with Crippen LogP contribution in [0, 0.1) is 0 Å². The fourth-order valence-electron chi connectivity index (χ4n) is 1.38. The number of halogens is 3. The maximum absolute atomic E-state index is 12.2. The molecule has 2 heterocycles. The van der Waals surface area contributed by atoms with Crippen LogP contribution in [-0.4, -0.2) is 23.3 Å². The molecule has 0 bridgehead atoms. The number of aromatic nitrogens is 2. The quantitative estimate of drug-likeness (QED) is 0.786. The van der Waals surface area contributed by atoms with Gasteiger partial charge in [0.2, 0.25) is 5.01 Å². The molecule has 1 aliphatic rings. The molecule has 7 heteroatoms. The Bertz CT molecular complexity index is 316. The zero-order chi connectivity index (χ0) is 10.2. The fraction of sp³-hybridized carbons (Fsp3) is 0.714. The summed E-state index contributed by atoms with van der Waals surface area (Å²) in [7, 11) is 0. The van der Waals surface area contributed by atoms with E-state index in [1.54, 1.807) is 0 Å². The molecular weight excluding hydrogens is 215 g/mol. The molecule has 1 N–H and O–H groups in total. The molecule has 1 aliphatic heterocycles. The Morgan fingerprint density at radius 3 is 2.64 bits per heavy atom. The SMILES string of the molecule is FC(F)(F)c1nnc(C2CCNC2)s1. The third-order valence-corrected chi connectivity index (χ3v) is 3.22. The number of hydrogen-bond acceptors (Lipinski definition) is 4. The molecular formula is C7H8F3N3S. The summed E-state index contributed by atoms with van der Waals surface area (Å²) in [6.07, 6.45) is -3.52. The van der Waals surface area contributed by atoms with E-state index in [0.717, 1.165) is 13.0 Å². The molecule has 1 saturated heterocycles. The van der Waals surface area contributed by atoms with Crippen molar-refractivity contribution >= 4 is 11.3 Å². The monoisotopic (exact) mass is 223 g/mol. The average Bonchev–Trinajstić information content (AvgIpc) is 2.73. The van der Waals surface area contributed by atoms with E-state index in [0.29, 0.717) is 22.9 Å². The molecule has 1 fully saturated rings. The number of hydrogen-bond donors (Lipinski definition) is 1. The second kappa shape index (κ2) is 3.47. The van der Waals surface area contributed by atoms with Crippen LogP contribution in [-0.2, 0) is 6.18 Å². The summed E-state index contributed by atoms with van der Waals surface area (Å²) in [5, 5.41) is 9.44. The van der Waals surface area contributed by atoms with Gasteiger partial charge < -0.3 is 5.32 Å². The van der Waals surface area contributed by atoms with Crippen molar-refractivity contribution in [2.45, 2.75) is 18.5 Å². The summed E-state index contributed by atoms with van der Waals surface area (Å²) >= 11 is 0.650. The molecule has 0 aliphatic carbocycles. The molecule has 2 rings (SSSR count). The molecule has 1 unspecified atom stereocenters. The van der Waals surface area contributed by atoms with E-state index in [1.165, 1.54) is 0 Å². The van der Waals surface area contributed by atoms with Gasteiger partial charge in [0.1, 0.15) is 5.01 Å². The summed E-state index contributed by atoms with van der Waals surface area (Å²) in [4.78, 5) is 0. The lowest BCUT2D eigenvalue weighted by atomic mass is 10.1. The first-order valence-corrected chi connectivity index (χ1v) is 5.00. The van der Waals surface area contributed by atoms with Crippen LogP contribution >= 0.6 is 11.3 Å². The van der Waals surface area contributed by atoms with Crippen LogP contribution in [0.3, 0.4) is 0 Å². The zero-order valence-corrected chi connectivity index (χ0v) is 7.95. The number of nitrogens with one attached hydrogen (secondary N) is 1. The molecule has 3 nitrogen and oxygen atoms in total. The van der Waals surface area contributed by atoms with Crippen molar-refractivity contribution in [3.63, 3.8) is 0 Å². The molecule has 0 spiro atoms. The van der Waals surface area contributed by atoms with Crippen molar-refractivity contribution in [3.8, 4) is 0 Å². The first-order chi connectivity index (χ1) is 6.57. The molecule has 0 saturated carbocycles. The topological polar surface area (TPSA) is 37.8 Å². The van der Waals surface area contributed by atoms with Gasteiger partial charge in [0.05, 0.1) is 0 Å². The van der Waals surface area contributed by atoms with E-state index in [1.807, 2.05) is 0 Å². The van der Waals surface area contributed by atoms with Crippen molar-refractivity contribution in [1.82, 2.24) is 15.5 Å². The van der Waals surface area contributed by atoms with E-state index in [2.05, 4.69) is 15.5 Å². The van der Waals surface area contributed by atoms with Crippen LogP contribution in [0.4, 0.5) is 13.2 Å². The highest BCUT2D eigenvalue weighted by Crippen LogP contribution is 2.34. The standard InChI is InChI=1S/C7H8F3N3S/c8-7(9,10)6-13-12-5(14-6)4-1-2-11-3-4/h4,11H,1-3H2. The van der Waals surface area contributed by atoms with Crippen LogP contribution in [0.25, 0.3) is 0 Å². The molecule has 1 atom stereocenters. The van der Waals surface area contributed by atoms with Gasteiger partial charge in [0, 0.05) is 12.5 Å². The first kappa shape index (κ1) is 9.85. The van der Waals surface area contributed by atoms with Gasteiger partial charge in [-0.15, -0.1) is 10.2 Å². The fourth-order valence-corrected chi connectivity index (χ4v) is 2.22. The van der Waals surface area contributed by atoms with Crippen LogP contribution in [0.2, 0.25) is 0 Å². The Morgan fingerprint density at radius 2 is 2.14 bits per heavy atom. The summed E-state index contributed by atoms with van der Waals surface area (Å²) in [5.41, 5.74) is 0. The number of nitrogens with zero attached hydrogens (tertiary/aromatic N) is 2. The van der Waals surface area contributed by atoms with E-state index in [4.69, 9.17) is 0 Å². The maximum Gasteiger partial charge on any atom is 0.445 e. The molecule has 78 valence electrons. The van der Waals surface area contributed by atoms with Gasteiger partial charge in [0.15, 0.2) is 0 Å². The lowest BCUT2D eigenvalue weighted by molar-refractivity contribution is -0.138. The van der Waals surface area contributed by atoms with Gasteiger partial charge in [-0.3, -0.25) is 0 Å². The van der Waals surface area contributed by atoms with Gasteiger partial charge in [-0.05, 0) is 13.0 Å². The lowest BCUT2D eigenvalue weighted by Crippen LogP contribution is -2.07. The average molecular weight is 223 g/mol. The van der Waals surface area contributed by atoms with Gasteiger partial charge in [-0.1, -0.05) is 11.3 Å². The summed E-state index contributed by atoms with van der Waals surface area (Å²) in [6, 6.07) is 0. The molecule has 0 aromatic carbocycles. The van der Waals surface area contributed by atoms with E-state index < -0.39 is 11.2 Å². The highest BCUT2D eigenvalue weighted by molar-refractivity contribution is 7.11. The highest BCUT2D eigenvalue weighted by atomic mass is 32.1. The van der Waals surface area contributed by atoms with E-state index in [-0.39, 0.29) is 5.92 Å². The summed E-state index contributed by atoms with van der Waals surface area (Å²) in [6.45, 7) is 1.54. The van der Waals surface area contributed by atoms with Crippen LogP contribution in [0.5, 0.6) is 0 Å². The maximum atomic E-state index is 12.2. The molecule has 14 heavy (non-hydrogen) atoms. The minimum absolute atomic E-state index is 0.101. The molecule has 1 aromatic rings. The Kier molecular flexibility index (Phi) is 2.44. The summed E-state index contributed by atoms with van der Waals surface area (Å²) in [5.74, 6) is 0.101. The molecule has 0 radical (unpaired) electrons. The Morgan fingerprint density at radius 1 is 1.36 bits per heavy atom. The van der Waals surface area contributed by atoms with Gasteiger partial charge in [-0.25, -0.2) is 0 Å². The van der Waals surface area contributed by atoms with Crippen molar-refractivity contribution in [1.29, 1.82) is 0 Å². The predicted molar refractivity (Wildman–Crippen MR) is 45.1 cm³/mol. The zero-order valence-electron chi connectivity index (χ0n) is 7.14. The van der Waals surface area contributed by atoms with Crippen molar-refractivity contribution in [2.24, 2.45) is 0 Å². The third kappa shape index (κ3) is 1.88. The minimum Gasteiger partial charge on any atom is -0.316 e. The van der Waals surface area contributed by atoms with Gasteiger partial charge in [-0.2, -0.15) is 13.2 Å². The van der Waals surface area contributed by atoms with Gasteiger partial charge >= 0.3 is 6.18 Å². The van der Waals surface area contributed by atoms with E-state index >= 15 is 0 Å². The van der Waals surface area contributed by atoms with Crippen LogP contribution < -0.4 is 5.32 Å². The number of rotatable bonds is 1. The molecule has 0 amide bonds. The second-order valence-electron chi connectivity index (χ2n) is 3.13. The normalized spacial score (nSPS) is 22.9. The smallest absolute Gasteiger partial charge is 0.316 e. The minimum atomic E-state index is -4.36. The Labute approximate surface area is 82.3 Å².